The summed E-state index contributed by atoms with van der Waals surface area (Å²) in [6.45, 7) is 6.43. The Morgan fingerprint density at radius 2 is 2.22 bits per heavy atom. The zero-order chi connectivity index (χ0) is 13.0. The van der Waals surface area contributed by atoms with E-state index in [2.05, 4.69) is 46.2 Å². The maximum atomic E-state index is 4.58. The minimum Gasteiger partial charge on any atom is -0.354 e. The summed E-state index contributed by atoms with van der Waals surface area (Å²) in [6, 6.07) is 4.96. The monoisotopic (exact) mass is 248 g/mol. The predicted octanol–water partition coefficient (Wildman–Crippen LogP) is 1.33. The standard InChI is InChI=1S/C14H24N4/c1-4-13-11-18(8-7-17(13)3)14-6-5-12(9-15-2)10-16-14/h5-6,10,13,15H,4,7-9,11H2,1-3H3. The molecular weight excluding hydrogens is 224 g/mol. The van der Waals surface area contributed by atoms with E-state index in [-0.39, 0.29) is 0 Å². The van der Waals surface area contributed by atoms with Gasteiger partial charge in [-0.3, -0.25) is 4.90 Å². The van der Waals surface area contributed by atoms with Gasteiger partial charge in [-0.1, -0.05) is 13.0 Å². The molecule has 0 bridgehead atoms. The van der Waals surface area contributed by atoms with Gasteiger partial charge in [0.15, 0.2) is 0 Å². The van der Waals surface area contributed by atoms with E-state index in [0.717, 1.165) is 32.0 Å². The molecule has 0 saturated carbocycles. The van der Waals surface area contributed by atoms with Crippen molar-refractivity contribution >= 4 is 5.82 Å². The van der Waals surface area contributed by atoms with Crippen LogP contribution in [0.4, 0.5) is 5.82 Å². The minimum absolute atomic E-state index is 0.650. The fourth-order valence-corrected chi connectivity index (χ4v) is 2.51. The molecule has 1 aromatic heterocycles. The number of anilines is 1. The van der Waals surface area contributed by atoms with Crippen molar-refractivity contribution in [2.24, 2.45) is 0 Å². The van der Waals surface area contributed by atoms with Gasteiger partial charge < -0.3 is 10.2 Å². The van der Waals surface area contributed by atoms with Gasteiger partial charge in [-0.25, -0.2) is 4.98 Å². The SMILES string of the molecule is CCC1CN(c2ccc(CNC)cn2)CCN1C. The molecule has 0 amide bonds. The number of hydrogen-bond donors (Lipinski definition) is 1. The van der Waals surface area contributed by atoms with Gasteiger partial charge in [0.2, 0.25) is 0 Å². The molecule has 1 atom stereocenters. The van der Waals surface area contributed by atoms with Crippen LogP contribution < -0.4 is 10.2 Å². The van der Waals surface area contributed by atoms with Gasteiger partial charge in [-0.05, 0) is 32.1 Å². The Morgan fingerprint density at radius 3 is 2.83 bits per heavy atom. The number of nitrogens with zero attached hydrogens (tertiary/aromatic N) is 3. The smallest absolute Gasteiger partial charge is 0.128 e. The molecule has 0 spiro atoms. The van der Waals surface area contributed by atoms with Crippen molar-refractivity contribution in [2.75, 3.05) is 38.6 Å². The summed E-state index contributed by atoms with van der Waals surface area (Å²) in [4.78, 5) is 9.43. The van der Waals surface area contributed by atoms with Gasteiger partial charge in [0.1, 0.15) is 5.82 Å². The number of pyridine rings is 1. The molecular formula is C14H24N4. The Morgan fingerprint density at radius 1 is 1.39 bits per heavy atom. The Kier molecular flexibility index (Phi) is 4.55. The van der Waals surface area contributed by atoms with Crippen molar-refractivity contribution in [3.8, 4) is 0 Å². The Hall–Kier alpha value is -1.13. The van der Waals surface area contributed by atoms with Crippen molar-refractivity contribution in [2.45, 2.75) is 25.9 Å². The molecule has 1 unspecified atom stereocenters. The average Bonchev–Trinajstić information content (AvgIpc) is 2.41. The van der Waals surface area contributed by atoms with Crippen LogP contribution in [-0.2, 0) is 6.54 Å². The molecule has 1 aromatic rings. The summed E-state index contributed by atoms with van der Waals surface area (Å²) in [5.41, 5.74) is 1.24. The van der Waals surface area contributed by atoms with Crippen molar-refractivity contribution in [3.05, 3.63) is 23.9 Å². The van der Waals surface area contributed by atoms with Crippen LogP contribution in [0.5, 0.6) is 0 Å². The molecule has 1 aliphatic heterocycles. The van der Waals surface area contributed by atoms with Crippen LogP contribution in [0.25, 0.3) is 0 Å². The highest BCUT2D eigenvalue weighted by Crippen LogP contribution is 2.17. The maximum Gasteiger partial charge on any atom is 0.128 e. The Labute approximate surface area is 110 Å². The van der Waals surface area contributed by atoms with Crippen molar-refractivity contribution in [1.29, 1.82) is 0 Å². The van der Waals surface area contributed by atoms with Gasteiger partial charge in [0, 0.05) is 38.4 Å². The van der Waals surface area contributed by atoms with Crippen LogP contribution in [0.2, 0.25) is 0 Å². The minimum atomic E-state index is 0.650. The number of aromatic nitrogens is 1. The maximum absolute atomic E-state index is 4.58. The van der Waals surface area contributed by atoms with E-state index in [1.54, 1.807) is 0 Å². The topological polar surface area (TPSA) is 31.4 Å². The second-order valence-corrected chi connectivity index (χ2v) is 5.04. The zero-order valence-electron chi connectivity index (χ0n) is 11.7. The zero-order valence-corrected chi connectivity index (χ0v) is 11.7. The van der Waals surface area contributed by atoms with E-state index in [1.165, 1.54) is 12.0 Å². The molecule has 0 aromatic carbocycles. The summed E-state index contributed by atoms with van der Waals surface area (Å²) < 4.78 is 0. The van der Waals surface area contributed by atoms with E-state index < -0.39 is 0 Å². The molecule has 2 heterocycles. The molecule has 0 radical (unpaired) electrons. The van der Waals surface area contributed by atoms with Crippen LogP contribution in [0, 0.1) is 0 Å². The number of piperazine rings is 1. The molecule has 18 heavy (non-hydrogen) atoms. The quantitative estimate of drug-likeness (QED) is 0.871. The predicted molar refractivity (Wildman–Crippen MR) is 75.9 cm³/mol. The Balaban J connectivity index is 2.02. The van der Waals surface area contributed by atoms with Gasteiger partial charge in [0.05, 0.1) is 0 Å². The van der Waals surface area contributed by atoms with Gasteiger partial charge in [-0.2, -0.15) is 0 Å². The first-order valence-electron chi connectivity index (χ1n) is 6.79. The second-order valence-electron chi connectivity index (χ2n) is 5.04. The normalized spacial score (nSPS) is 21.3. The molecule has 2 rings (SSSR count). The first-order chi connectivity index (χ1) is 8.74. The molecule has 1 N–H and O–H groups in total. The Bertz CT molecular complexity index is 363. The first-order valence-corrected chi connectivity index (χ1v) is 6.79. The fraction of sp³-hybridized carbons (Fsp3) is 0.643. The molecule has 100 valence electrons. The highest BCUT2D eigenvalue weighted by Gasteiger charge is 2.23. The van der Waals surface area contributed by atoms with Crippen LogP contribution in [-0.4, -0.2) is 49.7 Å². The van der Waals surface area contributed by atoms with Gasteiger partial charge >= 0.3 is 0 Å². The molecule has 0 aliphatic carbocycles. The van der Waals surface area contributed by atoms with E-state index in [1.807, 2.05) is 13.2 Å². The number of likely N-dealkylation sites (N-methyl/N-ethyl adjacent to an activating group) is 1. The third kappa shape index (κ3) is 3.00. The average molecular weight is 248 g/mol. The molecule has 1 fully saturated rings. The van der Waals surface area contributed by atoms with Crippen LogP contribution in [0.1, 0.15) is 18.9 Å². The lowest BCUT2D eigenvalue weighted by molar-refractivity contribution is 0.213. The number of hydrogen-bond acceptors (Lipinski definition) is 4. The summed E-state index contributed by atoms with van der Waals surface area (Å²) in [5, 5.41) is 3.14. The third-order valence-corrected chi connectivity index (χ3v) is 3.76. The first kappa shape index (κ1) is 13.3. The third-order valence-electron chi connectivity index (χ3n) is 3.76. The summed E-state index contributed by atoms with van der Waals surface area (Å²) in [7, 11) is 4.18. The lowest BCUT2D eigenvalue weighted by Gasteiger charge is -2.39. The van der Waals surface area contributed by atoms with Crippen LogP contribution >= 0.6 is 0 Å². The van der Waals surface area contributed by atoms with Crippen molar-refractivity contribution in [3.63, 3.8) is 0 Å². The summed E-state index contributed by atoms with van der Waals surface area (Å²) in [6.07, 6.45) is 3.18. The van der Waals surface area contributed by atoms with E-state index in [9.17, 15) is 0 Å². The van der Waals surface area contributed by atoms with Gasteiger partial charge in [-0.15, -0.1) is 0 Å². The summed E-state index contributed by atoms with van der Waals surface area (Å²) >= 11 is 0. The largest absolute Gasteiger partial charge is 0.354 e. The highest BCUT2D eigenvalue weighted by molar-refractivity contribution is 5.40. The van der Waals surface area contributed by atoms with Gasteiger partial charge in [0.25, 0.3) is 0 Å². The fourth-order valence-electron chi connectivity index (χ4n) is 2.51. The summed E-state index contributed by atoms with van der Waals surface area (Å²) in [5.74, 6) is 1.11. The molecule has 4 nitrogen and oxygen atoms in total. The number of nitrogens with one attached hydrogen (secondary N) is 1. The molecule has 1 saturated heterocycles. The van der Waals surface area contributed by atoms with Crippen molar-refractivity contribution in [1.82, 2.24) is 15.2 Å². The van der Waals surface area contributed by atoms with Crippen LogP contribution in [0.3, 0.4) is 0 Å². The molecule has 4 heteroatoms. The van der Waals surface area contributed by atoms with Crippen LogP contribution in [0.15, 0.2) is 18.3 Å². The molecule has 1 aliphatic rings. The number of rotatable bonds is 4. The van der Waals surface area contributed by atoms with Crippen molar-refractivity contribution < 1.29 is 0 Å². The lowest BCUT2D eigenvalue weighted by atomic mass is 10.1. The second kappa shape index (κ2) is 6.16. The van der Waals surface area contributed by atoms with E-state index >= 15 is 0 Å². The van der Waals surface area contributed by atoms with E-state index in [4.69, 9.17) is 0 Å². The lowest BCUT2D eigenvalue weighted by Crippen LogP contribution is -2.51. The van der Waals surface area contributed by atoms with E-state index in [0.29, 0.717) is 6.04 Å². The highest BCUT2D eigenvalue weighted by atomic mass is 15.3.